The molecule has 0 saturated carbocycles. The zero-order valence-electron chi connectivity index (χ0n) is 8.46. The highest BCUT2D eigenvalue weighted by molar-refractivity contribution is 5.11. The van der Waals surface area contributed by atoms with Crippen molar-refractivity contribution in [2.75, 3.05) is 19.8 Å². The third kappa shape index (κ3) is 2.59. The minimum absolute atomic E-state index is 0.601. The Labute approximate surface area is 80.9 Å². The van der Waals surface area contributed by atoms with Crippen molar-refractivity contribution < 1.29 is 4.74 Å². The van der Waals surface area contributed by atoms with Crippen molar-refractivity contribution in [1.29, 1.82) is 0 Å². The molecule has 0 amide bonds. The van der Waals surface area contributed by atoms with Gasteiger partial charge in [0.2, 0.25) is 0 Å². The summed E-state index contributed by atoms with van der Waals surface area (Å²) in [7, 11) is 0. The molecule has 1 fully saturated rings. The normalized spacial score (nSPS) is 18.2. The van der Waals surface area contributed by atoms with E-state index in [1.54, 1.807) is 0 Å². The Balaban J connectivity index is 2.53. The molecule has 0 atom stereocenters. The number of rotatable bonds is 4. The topological polar surface area (TPSA) is 12.5 Å². The number of allylic oxidation sites excluding steroid dienone is 1. The van der Waals surface area contributed by atoms with Gasteiger partial charge in [-0.2, -0.15) is 0 Å². The lowest BCUT2D eigenvalue weighted by Gasteiger charge is -2.35. The predicted octanol–water partition coefficient (Wildman–Crippen LogP) is 2.19. The first-order chi connectivity index (χ1) is 6.29. The first kappa shape index (κ1) is 10.3. The third-order valence-corrected chi connectivity index (χ3v) is 2.58. The van der Waals surface area contributed by atoms with Crippen LogP contribution >= 0.6 is 0 Å². The Morgan fingerprint density at radius 2 is 2.15 bits per heavy atom. The van der Waals surface area contributed by atoms with E-state index in [1.807, 2.05) is 6.08 Å². The van der Waals surface area contributed by atoms with Crippen LogP contribution in [0.4, 0.5) is 0 Å². The molecule has 0 radical (unpaired) electrons. The fraction of sp³-hybridized carbons (Fsp3) is 0.636. The predicted molar refractivity (Wildman–Crippen MR) is 55.6 cm³/mol. The second-order valence-corrected chi connectivity index (χ2v) is 3.33. The van der Waals surface area contributed by atoms with E-state index in [1.165, 1.54) is 0 Å². The molecule has 0 unspecified atom stereocenters. The summed E-state index contributed by atoms with van der Waals surface area (Å²) in [5.74, 6) is 0. The Kier molecular flexibility index (Phi) is 4.03. The Morgan fingerprint density at radius 1 is 1.54 bits per heavy atom. The summed E-state index contributed by atoms with van der Waals surface area (Å²) >= 11 is 0. The lowest BCUT2D eigenvalue weighted by Crippen LogP contribution is -2.37. The van der Waals surface area contributed by atoms with E-state index in [9.17, 15) is 0 Å². The summed E-state index contributed by atoms with van der Waals surface area (Å²) in [5, 5.41) is 0. The first-order valence-corrected chi connectivity index (χ1v) is 4.95. The van der Waals surface area contributed by atoms with Gasteiger partial charge in [-0.15, -0.1) is 0 Å². The van der Waals surface area contributed by atoms with E-state index in [0.717, 1.165) is 38.3 Å². The number of hydrogen-bond donors (Lipinski definition) is 0. The SMILES string of the molecule is C=CC(=C)N(CC)C1CCOCC1. The molecule has 0 aromatic carbocycles. The van der Waals surface area contributed by atoms with Crippen LogP contribution in [0.15, 0.2) is 24.9 Å². The molecule has 1 rings (SSSR count). The molecule has 0 aromatic rings. The minimum Gasteiger partial charge on any atom is -0.381 e. The summed E-state index contributed by atoms with van der Waals surface area (Å²) in [6.07, 6.45) is 4.06. The van der Waals surface area contributed by atoms with Crippen molar-refractivity contribution in [3.63, 3.8) is 0 Å². The summed E-state index contributed by atoms with van der Waals surface area (Å²) in [4.78, 5) is 2.32. The standard InChI is InChI=1S/C11H19NO/c1-4-10(3)12(5-2)11-6-8-13-9-7-11/h4,11H,1,3,5-9H2,2H3. The average molecular weight is 181 g/mol. The van der Waals surface area contributed by atoms with Crippen molar-refractivity contribution in [3.05, 3.63) is 24.9 Å². The highest BCUT2D eigenvalue weighted by Crippen LogP contribution is 2.18. The number of nitrogens with zero attached hydrogens (tertiary/aromatic N) is 1. The van der Waals surface area contributed by atoms with Gasteiger partial charge < -0.3 is 9.64 Å². The van der Waals surface area contributed by atoms with Crippen LogP contribution in [0.3, 0.4) is 0 Å². The van der Waals surface area contributed by atoms with Crippen LogP contribution in [0.2, 0.25) is 0 Å². The Morgan fingerprint density at radius 3 is 2.62 bits per heavy atom. The number of hydrogen-bond acceptors (Lipinski definition) is 2. The molecule has 0 aliphatic carbocycles. The summed E-state index contributed by atoms with van der Waals surface area (Å²) in [6.45, 7) is 12.7. The zero-order chi connectivity index (χ0) is 9.68. The van der Waals surface area contributed by atoms with E-state index in [-0.39, 0.29) is 0 Å². The molecule has 1 saturated heterocycles. The molecule has 74 valence electrons. The van der Waals surface area contributed by atoms with Gasteiger partial charge in [0.1, 0.15) is 0 Å². The van der Waals surface area contributed by atoms with Gasteiger partial charge in [0.05, 0.1) is 0 Å². The second kappa shape index (κ2) is 5.07. The van der Waals surface area contributed by atoms with Crippen LogP contribution in [0.25, 0.3) is 0 Å². The molecule has 1 heterocycles. The molecular weight excluding hydrogens is 162 g/mol. The van der Waals surface area contributed by atoms with Gasteiger partial charge in [-0.25, -0.2) is 0 Å². The highest BCUT2D eigenvalue weighted by atomic mass is 16.5. The van der Waals surface area contributed by atoms with Gasteiger partial charge in [0, 0.05) is 31.5 Å². The minimum atomic E-state index is 0.601. The summed E-state index contributed by atoms with van der Waals surface area (Å²) < 4.78 is 5.33. The summed E-state index contributed by atoms with van der Waals surface area (Å²) in [5.41, 5.74) is 1.04. The molecule has 0 N–H and O–H groups in total. The van der Waals surface area contributed by atoms with E-state index < -0.39 is 0 Å². The van der Waals surface area contributed by atoms with Crippen molar-refractivity contribution in [3.8, 4) is 0 Å². The maximum absolute atomic E-state index is 5.33. The largest absolute Gasteiger partial charge is 0.381 e. The van der Waals surface area contributed by atoms with Crippen LogP contribution in [0, 0.1) is 0 Å². The molecule has 0 spiro atoms. The molecular formula is C11H19NO. The molecule has 2 heteroatoms. The van der Waals surface area contributed by atoms with Crippen molar-refractivity contribution in [2.45, 2.75) is 25.8 Å². The van der Waals surface area contributed by atoms with E-state index >= 15 is 0 Å². The molecule has 1 aliphatic heterocycles. The maximum atomic E-state index is 5.33. The fourth-order valence-corrected chi connectivity index (χ4v) is 1.81. The monoisotopic (exact) mass is 181 g/mol. The maximum Gasteiger partial charge on any atom is 0.0485 e. The smallest absolute Gasteiger partial charge is 0.0485 e. The number of likely N-dealkylation sites (N-methyl/N-ethyl adjacent to an activating group) is 1. The van der Waals surface area contributed by atoms with Crippen LogP contribution in [-0.2, 0) is 4.74 Å². The average Bonchev–Trinajstić information content (AvgIpc) is 2.20. The molecule has 0 bridgehead atoms. The van der Waals surface area contributed by atoms with Crippen LogP contribution in [0.1, 0.15) is 19.8 Å². The lowest BCUT2D eigenvalue weighted by molar-refractivity contribution is 0.0484. The Bertz CT molecular complexity index is 183. The second-order valence-electron chi connectivity index (χ2n) is 3.33. The molecule has 2 nitrogen and oxygen atoms in total. The van der Waals surface area contributed by atoms with Gasteiger partial charge >= 0.3 is 0 Å². The summed E-state index contributed by atoms with van der Waals surface area (Å²) in [6, 6.07) is 0.601. The molecule has 13 heavy (non-hydrogen) atoms. The van der Waals surface area contributed by atoms with Gasteiger partial charge in [0.25, 0.3) is 0 Å². The van der Waals surface area contributed by atoms with Crippen molar-refractivity contribution in [1.82, 2.24) is 4.90 Å². The number of ether oxygens (including phenoxy) is 1. The van der Waals surface area contributed by atoms with Gasteiger partial charge in [-0.05, 0) is 25.8 Å². The first-order valence-electron chi connectivity index (χ1n) is 4.95. The Hall–Kier alpha value is -0.760. The van der Waals surface area contributed by atoms with Crippen LogP contribution < -0.4 is 0 Å². The molecule has 1 aliphatic rings. The van der Waals surface area contributed by atoms with Crippen LogP contribution in [0.5, 0.6) is 0 Å². The zero-order valence-corrected chi connectivity index (χ0v) is 8.46. The third-order valence-electron chi connectivity index (χ3n) is 2.58. The van der Waals surface area contributed by atoms with E-state index in [0.29, 0.717) is 6.04 Å². The van der Waals surface area contributed by atoms with Crippen molar-refractivity contribution >= 4 is 0 Å². The van der Waals surface area contributed by atoms with Gasteiger partial charge in [-0.3, -0.25) is 0 Å². The lowest BCUT2D eigenvalue weighted by atomic mass is 10.1. The van der Waals surface area contributed by atoms with E-state index in [2.05, 4.69) is 25.0 Å². The highest BCUT2D eigenvalue weighted by Gasteiger charge is 2.19. The van der Waals surface area contributed by atoms with Crippen molar-refractivity contribution in [2.24, 2.45) is 0 Å². The van der Waals surface area contributed by atoms with Crippen LogP contribution in [-0.4, -0.2) is 30.7 Å². The van der Waals surface area contributed by atoms with Gasteiger partial charge in [-0.1, -0.05) is 13.2 Å². The quantitative estimate of drug-likeness (QED) is 0.616. The van der Waals surface area contributed by atoms with E-state index in [4.69, 9.17) is 4.74 Å². The molecule has 0 aromatic heterocycles. The fourth-order valence-electron chi connectivity index (χ4n) is 1.81. The van der Waals surface area contributed by atoms with Gasteiger partial charge in [0.15, 0.2) is 0 Å².